The summed E-state index contributed by atoms with van der Waals surface area (Å²) < 4.78 is 26.6. The van der Waals surface area contributed by atoms with Crippen LogP contribution in [0.3, 0.4) is 0 Å². The number of likely N-dealkylation sites (tertiary alicyclic amines) is 2. The van der Waals surface area contributed by atoms with E-state index in [1.807, 2.05) is 41.5 Å². The molecule has 2 amide bonds. The fraction of sp³-hybridized carbons (Fsp3) is 0.767. The van der Waals surface area contributed by atoms with Gasteiger partial charge in [-0.15, -0.1) is 0 Å². The molecule has 2 aliphatic heterocycles. The molecule has 248 valence electrons. The number of hydrogen-bond acceptors (Lipinski definition) is 13. The van der Waals surface area contributed by atoms with Gasteiger partial charge in [-0.2, -0.15) is 9.97 Å². The van der Waals surface area contributed by atoms with Gasteiger partial charge in [0.25, 0.3) is 11.8 Å². The average molecular weight is 633 g/mol. The maximum Gasteiger partial charge on any atom is 0.410 e. The fourth-order valence-electron chi connectivity index (χ4n) is 5.34. The smallest absolute Gasteiger partial charge is 0.410 e. The molecule has 45 heavy (non-hydrogen) atoms. The number of ether oxygens (including phenoxy) is 3. The second-order valence-corrected chi connectivity index (χ2v) is 14.2. The molecule has 0 bridgehead atoms. The third-order valence-corrected chi connectivity index (χ3v) is 7.80. The SMILES string of the molecule is CC(=O)OC1(c2nc([C@@H]3CCCN3C(=O)OC(C)(C)C)no2)CC1.CC(C)(C)OC(=O)N1CCC[C@H]1c1noc(C2(O)CC2)n1. The Bertz CT molecular complexity index is 1400. The van der Waals surface area contributed by atoms with E-state index in [4.69, 9.17) is 23.3 Å². The summed E-state index contributed by atoms with van der Waals surface area (Å²) in [7, 11) is 0. The van der Waals surface area contributed by atoms with Crippen molar-refractivity contribution in [3.63, 3.8) is 0 Å². The molecule has 2 aromatic rings. The van der Waals surface area contributed by atoms with Crippen LogP contribution in [0, 0.1) is 0 Å². The molecule has 1 N–H and O–H groups in total. The lowest BCUT2D eigenvalue weighted by Crippen LogP contribution is -2.36. The summed E-state index contributed by atoms with van der Waals surface area (Å²) in [5.41, 5.74) is -2.80. The normalized spacial score (nSPS) is 23.2. The number of nitrogens with zero attached hydrogens (tertiary/aromatic N) is 6. The third kappa shape index (κ3) is 7.74. The van der Waals surface area contributed by atoms with Crippen LogP contribution >= 0.6 is 0 Å². The topological polar surface area (TPSA) is 183 Å². The zero-order valence-electron chi connectivity index (χ0n) is 27.1. The molecule has 2 saturated heterocycles. The maximum absolute atomic E-state index is 12.4. The molecule has 4 heterocycles. The summed E-state index contributed by atoms with van der Waals surface area (Å²) in [6.45, 7) is 13.6. The van der Waals surface area contributed by atoms with Gasteiger partial charge >= 0.3 is 18.2 Å². The number of carbonyl (C=O) groups is 3. The summed E-state index contributed by atoms with van der Waals surface area (Å²) >= 11 is 0. The number of esters is 1. The Balaban J connectivity index is 0.000000179. The summed E-state index contributed by atoms with van der Waals surface area (Å²) in [4.78, 5) is 47.8. The van der Waals surface area contributed by atoms with Crippen molar-refractivity contribution in [2.24, 2.45) is 0 Å². The van der Waals surface area contributed by atoms with Crippen LogP contribution in [-0.2, 0) is 30.2 Å². The standard InChI is InChI=1S/C16H23N3O5.C14H21N3O4/c1-10(20)22-16(7-8-16)13-17-12(18-24-13)11-6-5-9-19(11)14(21)23-15(2,3)4;1-13(2,3)20-12(18)17-8-4-5-9(17)10-15-11(21-16-10)14(19)6-7-14/h11H,5-9H2,1-4H3;9,19H,4-8H2,1-3H3/t11-;9-/m00/s1. The van der Waals surface area contributed by atoms with Gasteiger partial charge in [0.15, 0.2) is 17.2 Å². The Hall–Kier alpha value is -3.75. The Morgan fingerprint density at radius 1 is 0.778 bits per heavy atom. The van der Waals surface area contributed by atoms with Crippen LogP contribution < -0.4 is 0 Å². The molecule has 15 heteroatoms. The largest absolute Gasteiger partial charge is 0.449 e. The van der Waals surface area contributed by atoms with Crippen molar-refractivity contribution >= 4 is 18.2 Å². The maximum atomic E-state index is 12.4. The minimum absolute atomic E-state index is 0.236. The van der Waals surface area contributed by atoms with E-state index < -0.39 is 22.4 Å². The van der Waals surface area contributed by atoms with Crippen LogP contribution in [0.2, 0.25) is 0 Å². The van der Waals surface area contributed by atoms with Gasteiger partial charge in [0, 0.05) is 32.9 Å². The highest BCUT2D eigenvalue weighted by Gasteiger charge is 2.54. The van der Waals surface area contributed by atoms with Crippen molar-refractivity contribution in [2.75, 3.05) is 13.1 Å². The van der Waals surface area contributed by atoms with Crippen molar-refractivity contribution in [1.82, 2.24) is 30.1 Å². The lowest BCUT2D eigenvalue weighted by atomic mass is 10.2. The van der Waals surface area contributed by atoms with E-state index in [1.165, 1.54) is 6.92 Å². The van der Waals surface area contributed by atoms with Gasteiger partial charge in [-0.05, 0) is 80.1 Å². The fourth-order valence-corrected chi connectivity index (χ4v) is 5.34. The monoisotopic (exact) mass is 632 g/mol. The van der Waals surface area contributed by atoms with Gasteiger partial charge in [0.2, 0.25) is 0 Å². The molecule has 2 saturated carbocycles. The van der Waals surface area contributed by atoms with E-state index in [0.29, 0.717) is 56.3 Å². The molecule has 2 atom stereocenters. The highest BCUT2D eigenvalue weighted by Crippen LogP contribution is 2.49. The summed E-state index contributed by atoms with van der Waals surface area (Å²) in [6.07, 6.45) is 5.16. The predicted molar refractivity (Wildman–Crippen MR) is 154 cm³/mol. The molecule has 0 spiro atoms. The lowest BCUT2D eigenvalue weighted by molar-refractivity contribution is -0.150. The van der Waals surface area contributed by atoms with E-state index in [9.17, 15) is 19.5 Å². The van der Waals surface area contributed by atoms with Crippen molar-refractivity contribution in [3.8, 4) is 0 Å². The Kier molecular flexibility index (Phi) is 8.62. The Morgan fingerprint density at radius 3 is 1.62 bits per heavy atom. The van der Waals surface area contributed by atoms with E-state index in [-0.39, 0.29) is 36.1 Å². The third-order valence-electron chi connectivity index (χ3n) is 7.80. The van der Waals surface area contributed by atoms with E-state index in [2.05, 4.69) is 20.3 Å². The summed E-state index contributed by atoms with van der Waals surface area (Å²) in [5.74, 6) is 1.08. The number of aromatic nitrogens is 4. The van der Waals surface area contributed by atoms with Crippen molar-refractivity contribution < 1.29 is 42.7 Å². The summed E-state index contributed by atoms with van der Waals surface area (Å²) in [6, 6.07) is -0.509. The van der Waals surface area contributed by atoms with Crippen molar-refractivity contribution in [1.29, 1.82) is 0 Å². The molecule has 0 radical (unpaired) electrons. The van der Waals surface area contributed by atoms with Crippen molar-refractivity contribution in [2.45, 2.75) is 134 Å². The van der Waals surface area contributed by atoms with Gasteiger partial charge in [-0.3, -0.25) is 14.6 Å². The van der Waals surface area contributed by atoms with Gasteiger partial charge in [0.05, 0.1) is 12.1 Å². The first kappa shape index (κ1) is 32.6. The zero-order valence-corrected chi connectivity index (χ0v) is 27.1. The zero-order chi connectivity index (χ0) is 32.8. The number of carbonyl (C=O) groups excluding carboxylic acids is 3. The first-order valence-corrected chi connectivity index (χ1v) is 15.6. The number of amides is 2. The quantitative estimate of drug-likeness (QED) is 0.350. The average Bonchev–Trinajstić information content (AvgIpc) is 3.51. The van der Waals surface area contributed by atoms with Crippen LogP contribution in [0.4, 0.5) is 9.59 Å². The van der Waals surface area contributed by atoms with Crippen LogP contribution in [0.25, 0.3) is 0 Å². The van der Waals surface area contributed by atoms with Crippen LogP contribution in [0.5, 0.6) is 0 Å². The number of aliphatic hydroxyl groups is 1. The first-order valence-electron chi connectivity index (χ1n) is 15.6. The molecule has 4 aliphatic rings. The molecule has 2 aromatic heterocycles. The number of hydrogen-bond donors (Lipinski definition) is 1. The highest BCUT2D eigenvalue weighted by molar-refractivity contribution is 5.69. The predicted octanol–water partition coefficient (Wildman–Crippen LogP) is 4.82. The van der Waals surface area contributed by atoms with Crippen LogP contribution in [0.1, 0.15) is 135 Å². The van der Waals surface area contributed by atoms with Gasteiger partial charge in [-0.25, -0.2) is 9.59 Å². The molecule has 2 aliphatic carbocycles. The van der Waals surface area contributed by atoms with E-state index >= 15 is 0 Å². The minimum atomic E-state index is -0.944. The lowest BCUT2D eigenvalue weighted by Gasteiger charge is -2.27. The second-order valence-electron chi connectivity index (χ2n) is 14.2. The van der Waals surface area contributed by atoms with Gasteiger partial charge in [0.1, 0.15) is 16.8 Å². The molecular weight excluding hydrogens is 588 g/mol. The number of rotatable bonds is 5. The van der Waals surface area contributed by atoms with Gasteiger partial charge < -0.3 is 28.4 Å². The molecule has 4 fully saturated rings. The van der Waals surface area contributed by atoms with Crippen LogP contribution in [-0.4, -0.2) is 77.6 Å². The highest BCUT2D eigenvalue weighted by atomic mass is 16.6. The Labute approximate surface area is 261 Å². The minimum Gasteiger partial charge on any atom is -0.449 e. The van der Waals surface area contributed by atoms with E-state index in [0.717, 1.165) is 25.7 Å². The molecule has 0 aromatic carbocycles. The Morgan fingerprint density at radius 2 is 1.22 bits per heavy atom. The molecule has 15 nitrogen and oxygen atoms in total. The molecule has 0 unspecified atom stereocenters. The van der Waals surface area contributed by atoms with Gasteiger partial charge in [-0.1, -0.05) is 10.3 Å². The molecular formula is C30H44N6O9. The second kappa shape index (κ2) is 11.9. The first-order chi connectivity index (χ1) is 21.0. The van der Waals surface area contributed by atoms with Crippen molar-refractivity contribution in [3.05, 3.63) is 23.4 Å². The van der Waals surface area contributed by atoms with E-state index in [1.54, 1.807) is 9.80 Å². The molecule has 6 rings (SSSR count). The van der Waals surface area contributed by atoms with Crippen LogP contribution in [0.15, 0.2) is 9.05 Å². The summed E-state index contributed by atoms with van der Waals surface area (Å²) in [5, 5.41) is 17.9.